The van der Waals surface area contributed by atoms with Gasteiger partial charge in [-0.2, -0.15) is 0 Å². The third-order valence-electron chi connectivity index (χ3n) is 1.52. The van der Waals surface area contributed by atoms with Crippen LogP contribution in [-0.4, -0.2) is 15.0 Å². The Morgan fingerprint density at radius 3 is 1.94 bits per heavy atom. The van der Waals surface area contributed by atoms with Gasteiger partial charge in [0.1, 0.15) is 0 Å². The van der Waals surface area contributed by atoms with Gasteiger partial charge < -0.3 is 0 Å². The number of hydrogen-bond donors (Lipinski definition) is 0. The van der Waals surface area contributed by atoms with Crippen LogP contribution in [0.15, 0.2) is 18.0 Å². The van der Waals surface area contributed by atoms with Crippen molar-refractivity contribution in [3.8, 4) is 0 Å². The molecule has 0 saturated heterocycles. The summed E-state index contributed by atoms with van der Waals surface area (Å²) in [4.78, 5) is 11.1. The number of aryl methyl sites for hydroxylation is 1. The van der Waals surface area contributed by atoms with Gasteiger partial charge in [0.15, 0.2) is 0 Å². The maximum Gasteiger partial charge on any atom is 0.299 e. The van der Waals surface area contributed by atoms with Crippen molar-refractivity contribution < 1.29 is 0 Å². The average Bonchev–Trinajstić information content (AvgIpc) is 2.36. The maximum atomic E-state index is 11.1. The Labute approximate surface area is 97.3 Å². The standard InChI is InChI=1S/C8H9N3O.2C2H6/c1-4-6-7(5-2)11(3)10-9-8(6)12;2*1-2/h4-5H,1-2H2,3H3;2*1-2H3. The van der Waals surface area contributed by atoms with Gasteiger partial charge >= 0.3 is 0 Å². The molecule has 0 spiro atoms. The molecule has 0 aromatic carbocycles. The Morgan fingerprint density at radius 2 is 1.62 bits per heavy atom. The Morgan fingerprint density at radius 1 is 1.12 bits per heavy atom. The van der Waals surface area contributed by atoms with Crippen LogP contribution in [0, 0.1) is 0 Å². The molecule has 0 aliphatic rings. The summed E-state index contributed by atoms with van der Waals surface area (Å²) in [5.74, 6) is 0. The van der Waals surface area contributed by atoms with Crippen molar-refractivity contribution >= 4 is 12.2 Å². The molecule has 0 radical (unpaired) electrons. The highest BCUT2D eigenvalue weighted by molar-refractivity contribution is 5.59. The van der Waals surface area contributed by atoms with Crippen LogP contribution in [0.2, 0.25) is 0 Å². The van der Waals surface area contributed by atoms with E-state index in [1.165, 1.54) is 10.8 Å². The fourth-order valence-electron chi connectivity index (χ4n) is 0.928. The molecule has 0 aliphatic carbocycles. The first-order valence-electron chi connectivity index (χ1n) is 5.39. The molecule has 4 heteroatoms. The summed E-state index contributed by atoms with van der Waals surface area (Å²) in [7, 11) is 1.69. The van der Waals surface area contributed by atoms with E-state index < -0.39 is 0 Å². The summed E-state index contributed by atoms with van der Waals surface area (Å²) in [6.07, 6.45) is 3.00. The van der Waals surface area contributed by atoms with Crippen molar-refractivity contribution in [1.29, 1.82) is 0 Å². The first kappa shape index (κ1) is 16.7. The minimum Gasteiger partial charge on any atom is -0.265 e. The van der Waals surface area contributed by atoms with Gasteiger partial charge in [-0.3, -0.25) is 4.79 Å². The molecule has 4 nitrogen and oxygen atoms in total. The molecule has 1 aromatic heterocycles. The van der Waals surface area contributed by atoms with Crippen LogP contribution in [-0.2, 0) is 7.05 Å². The Balaban J connectivity index is 0. The second-order valence-corrected chi connectivity index (χ2v) is 2.23. The number of aromatic nitrogens is 3. The lowest BCUT2D eigenvalue weighted by atomic mass is 10.2. The molecule has 0 atom stereocenters. The number of hydrogen-bond acceptors (Lipinski definition) is 3. The molecular weight excluding hydrogens is 202 g/mol. The highest BCUT2D eigenvalue weighted by Gasteiger charge is 2.04. The van der Waals surface area contributed by atoms with Gasteiger partial charge in [0.25, 0.3) is 5.56 Å². The van der Waals surface area contributed by atoms with Gasteiger partial charge in [0.05, 0.1) is 11.3 Å². The van der Waals surface area contributed by atoms with E-state index in [0.29, 0.717) is 11.3 Å². The lowest BCUT2D eigenvalue weighted by Gasteiger charge is -2.02. The second-order valence-electron chi connectivity index (χ2n) is 2.23. The number of nitrogens with zero attached hydrogens (tertiary/aromatic N) is 3. The summed E-state index contributed by atoms with van der Waals surface area (Å²) in [5.41, 5.74) is 0.686. The van der Waals surface area contributed by atoms with Gasteiger partial charge in [-0.05, 0) is 6.08 Å². The fraction of sp³-hybridized carbons (Fsp3) is 0.417. The second kappa shape index (κ2) is 9.83. The van der Waals surface area contributed by atoms with E-state index in [1.54, 1.807) is 13.1 Å². The van der Waals surface area contributed by atoms with Gasteiger partial charge in [-0.25, -0.2) is 4.68 Å². The molecule has 0 bridgehead atoms. The lowest BCUT2D eigenvalue weighted by molar-refractivity contribution is 0.646. The predicted molar refractivity (Wildman–Crippen MR) is 70.2 cm³/mol. The zero-order chi connectivity index (χ0) is 13.1. The summed E-state index contributed by atoms with van der Waals surface area (Å²) < 4.78 is 1.48. The van der Waals surface area contributed by atoms with E-state index in [0.717, 1.165) is 0 Å². The maximum absolute atomic E-state index is 11.1. The molecule has 90 valence electrons. The highest BCUT2D eigenvalue weighted by atomic mass is 16.1. The van der Waals surface area contributed by atoms with Crippen LogP contribution in [0.25, 0.3) is 12.2 Å². The van der Waals surface area contributed by atoms with E-state index in [9.17, 15) is 4.79 Å². The Hall–Kier alpha value is -1.71. The predicted octanol–water partition coefficient (Wildman–Crippen LogP) is 2.51. The SMILES string of the molecule is C=Cc1c(C=C)n(C)nnc1=O.CC.CC. The van der Waals surface area contributed by atoms with Crippen LogP contribution < -0.4 is 5.56 Å². The Kier molecular flexibility index (Phi) is 10.3. The highest BCUT2D eigenvalue weighted by Crippen LogP contribution is 2.02. The quantitative estimate of drug-likeness (QED) is 0.774. The zero-order valence-corrected chi connectivity index (χ0v) is 10.8. The van der Waals surface area contributed by atoms with Crippen LogP contribution in [0.5, 0.6) is 0 Å². The minimum absolute atomic E-state index is 0.377. The topological polar surface area (TPSA) is 47.8 Å². The van der Waals surface area contributed by atoms with Gasteiger partial charge in [0.2, 0.25) is 0 Å². The lowest BCUT2D eigenvalue weighted by Crippen LogP contribution is -2.19. The van der Waals surface area contributed by atoms with Crippen molar-refractivity contribution in [3.63, 3.8) is 0 Å². The van der Waals surface area contributed by atoms with Gasteiger partial charge in [-0.1, -0.05) is 57.2 Å². The Bertz CT molecular complexity index is 380. The zero-order valence-electron chi connectivity index (χ0n) is 10.8. The van der Waals surface area contributed by atoms with Crippen molar-refractivity contribution in [1.82, 2.24) is 15.0 Å². The van der Waals surface area contributed by atoms with Crippen molar-refractivity contribution in [2.24, 2.45) is 7.05 Å². The average molecular weight is 223 g/mol. The largest absolute Gasteiger partial charge is 0.299 e. The van der Waals surface area contributed by atoms with Gasteiger partial charge in [-0.15, -0.1) is 0 Å². The minimum atomic E-state index is -0.377. The smallest absolute Gasteiger partial charge is 0.265 e. The molecule has 0 unspecified atom stereocenters. The van der Waals surface area contributed by atoms with Crippen molar-refractivity contribution in [3.05, 3.63) is 34.8 Å². The molecule has 0 N–H and O–H groups in total. The molecule has 1 rings (SSSR count). The van der Waals surface area contributed by atoms with Crippen LogP contribution in [0.3, 0.4) is 0 Å². The molecule has 1 aromatic rings. The molecule has 0 saturated carbocycles. The van der Waals surface area contributed by atoms with Crippen LogP contribution >= 0.6 is 0 Å². The monoisotopic (exact) mass is 223 g/mol. The first-order chi connectivity index (χ1) is 7.70. The van der Waals surface area contributed by atoms with E-state index >= 15 is 0 Å². The molecule has 0 aliphatic heterocycles. The van der Waals surface area contributed by atoms with Crippen molar-refractivity contribution in [2.75, 3.05) is 0 Å². The summed E-state index contributed by atoms with van der Waals surface area (Å²) in [5, 5.41) is 6.99. The summed E-state index contributed by atoms with van der Waals surface area (Å²) in [6.45, 7) is 15.1. The molecule has 16 heavy (non-hydrogen) atoms. The van der Waals surface area contributed by atoms with Gasteiger partial charge in [0, 0.05) is 7.05 Å². The van der Waals surface area contributed by atoms with Crippen LogP contribution in [0.1, 0.15) is 39.0 Å². The molecule has 0 amide bonds. The van der Waals surface area contributed by atoms with E-state index in [1.807, 2.05) is 27.7 Å². The van der Waals surface area contributed by atoms with Crippen LogP contribution in [0.4, 0.5) is 0 Å². The normalized spacial score (nSPS) is 7.81. The number of rotatable bonds is 2. The first-order valence-corrected chi connectivity index (χ1v) is 5.39. The van der Waals surface area contributed by atoms with E-state index in [2.05, 4.69) is 23.5 Å². The third-order valence-corrected chi connectivity index (χ3v) is 1.52. The summed E-state index contributed by atoms with van der Waals surface area (Å²) >= 11 is 0. The fourth-order valence-corrected chi connectivity index (χ4v) is 0.928. The molecule has 0 fully saturated rings. The van der Waals surface area contributed by atoms with E-state index in [4.69, 9.17) is 0 Å². The van der Waals surface area contributed by atoms with E-state index in [-0.39, 0.29) is 5.56 Å². The third kappa shape index (κ3) is 4.21. The summed E-state index contributed by atoms with van der Waals surface area (Å²) in [6, 6.07) is 0. The molecule has 1 heterocycles. The molecular formula is C12H21N3O. The van der Waals surface area contributed by atoms with Crippen molar-refractivity contribution in [2.45, 2.75) is 27.7 Å².